The molecular weight excluding hydrogens is 425 g/mol. The molecule has 5 heterocycles. The van der Waals surface area contributed by atoms with Crippen molar-refractivity contribution in [1.29, 1.82) is 0 Å². The summed E-state index contributed by atoms with van der Waals surface area (Å²) in [5.74, 6) is -0.386. The van der Waals surface area contributed by atoms with Crippen molar-refractivity contribution in [2.75, 3.05) is 19.8 Å². The van der Waals surface area contributed by atoms with Crippen LogP contribution in [0.3, 0.4) is 0 Å². The number of ether oxygens (including phenoxy) is 2. The van der Waals surface area contributed by atoms with Gasteiger partial charge in [-0.05, 0) is 24.3 Å². The normalized spacial score (nSPS) is 16.6. The fourth-order valence-corrected chi connectivity index (χ4v) is 4.29. The fraction of sp³-hybridized carbons (Fsp3) is 0.208. The molecule has 9 heteroatoms. The number of pyridine rings is 2. The number of nitrogens with one attached hydrogen (secondary N) is 1. The second kappa shape index (κ2) is 7.95. The number of H-pyrrole nitrogens is 1. The van der Waals surface area contributed by atoms with Crippen LogP contribution in [0.15, 0.2) is 65.8 Å². The van der Waals surface area contributed by atoms with Gasteiger partial charge in [-0.1, -0.05) is 18.2 Å². The second-order valence-electron chi connectivity index (χ2n) is 7.92. The molecule has 5 aromatic rings. The highest BCUT2D eigenvalue weighted by molar-refractivity contribution is 5.85. The van der Waals surface area contributed by atoms with E-state index in [4.69, 9.17) is 9.47 Å². The molecule has 166 valence electrons. The number of imidazole rings is 1. The van der Waals surface area contributed by atoms with Gasteiger partial charge in [0.05, 0.1) is 49.1 Å². The van der Waals surface area contributed by atoms with Gasteiger partial charge in [0.25, 0.3) is 0 Å². The highest BCUT2D eigenvalue weighted by atomic mass is 19.1. The van der Waals surface area contributed by atoms with E-state index in [9.17, 15) is 4.79 Å². The largest absolute Gasteiger partial charge is 0.376 e. The zero-order valence-electron chi connectivity index (χ0n) is 17.6. The van der Waals surface area contributed by atoms with Gasteiger partial charge in [0.15, 0.2) is 5.65 Å². The molecule has 1 atom stereocenters. The van der Waals surface area contributed by atoms with Crippen molar-refractivity contribution in [2.24, 2.45) is 0 Å². The number of hydrogen-bond donors (Lipinski definition) is 1. The smallest absolute Gasteiger partial charge is 0.335 e. The zero-order chi connectivity index (χ0) is 22.4. The number of benzene rings is 1. The van der Waals surface area contributed by atoms with Crippen LogP contribution in [0.2, 0.25) is 0 Å². The van der Waals surface area contributed by atoms with E-state index in [2.05, 4.69) is 15.0 Å². The van der Waals surface area contributed by atoms with Crippen LogP contribution < -0.4 is 5.69 Å². The predicted molar refractivity (Wildman–Crippen MR) is 121 cm³/mol. The maximum atomic E-state index is 15.2. The molecule has 8 nitrogen and oxygen atoms in total. The molecule has 1 aromatic carbocycles. The molecule has 1 aliphatic rings. The van der Waals surface area contributed by atoms with Gasteiger partial charge < -0.3 is 14.5 Å². The fourth-order valence-electron chi connectivity index (χ4n) is 4.29. The number of aromatic nitrogens is 5. The molecule has 0 unspecified atom stereocenters. The molecule has 0 amide bonds. The topological polar surface area (TPSA) is 87.0 Å². The number of aromatic amines is 1. The summed E-state index contributed by atoms with van der Waals surface area (Å²) in [5, 5.41) is 0.402. The summed E-state index contributed by atoms with van der Waals surface area (Å²) in [5.41, 5.74) is 2.87. The van der Waals surface area contributed by atoms with Gasteiger partial charge in [-0.2, -0.15) is 0 Å². The average Bonchev–Trinajstić information content (AvgIpc) is 3.44. The quantitative estimate of drug-likeness (QED) is 0.459. The third kappa shape index (κ3) is 3.33. The van der Waals surface area contributed by atoms with Gasteiger partial charge in [0.2, 0.25) is 0 Å². The summed E-state index contributed by atoms with van der Waals surface area (Å²) in [6, 6.07) is 12.8. The minimum Gasteiger partial charge on any atom is -0.376 e. The van der Waals surface area contributed by atoms with Crippen LogP contribution in [0, 0.1) is 5.82 Å². The molecular formula is C24H20FN5O3. The van der Waals surface area contributed by atoms with E-state index in [1.54, 1.807) is 33.7 Å². The number of hydrogen-bond acceptors (Lipinski definition) is 5. The molecule has 6 rings (SSSR count). The van der Waals surface area contributed by atoms with Gasteiger partial charge in [0.1, 0.15) is 11.5 Å². The molecule has 0 radical (unpaired) electrons. The predicted octanol–water partition coefficient (Wildman–Crippen LogP) is 3.29. The first-order valence-electron chi connectivity index (χ1n) is 10.7. The number of rotatable bonds is 4. The Morgan fingerprint density at radius 1 is 1.12 bits per heavy atom. The van der Waals surface area contributed by atoms with Crippen molar-refractivity contribution in [1.82, 2.24) is 24.1 Å². The summed E-state index contributed by atoms with van der Waals surface area (Å²) in [6.07, 6.45) is 4.44. The second-order valence-corrected chi connectivity index (χ2v) is 7.92. The lowest BCUT2D eigenvalue weighted by Gasteiger charge is -2.23. The van der Waals surface area contributed by atoms with Crippen LogP contribution in [-0.2, 0) is 16.0 Å². The number of nitrogens with zero attached hydrogens (tertiary/aromatic N) is 4. The lowest BCUT2D eigenvalue weighted by Crippen LogP contribution is -2.35. The molecule has 4 aromatic heterocycles. The monoisotopic (exact) mass is 445 g/mol. The molecule has 0 spiro atoms. The Morgan fingerprint density at radius 2 is 2.00 bits per heavy atom. The van der Waals surface area contributed by atoms with Crippen molar-refractivity contribution in [3.05, 3.63) is 77.4 Å². The first-order valence-corrected chi connectivity index (χ1v) is 10.7. The summed E-state index contributed by atoms with van der Waals surface area (Å²) < 4.78 is 29.7. The number of fused-ring (bicyclic) bond motifs is 2. The molecule has 0 saturated carbocycles. The molecule has 0 aliphatic carbocycles. The number of halogens is 1. The summed E-state index contributed by atoms with van der Waals surface area (Å²) in [6.45, 7) is 1.72. The van der Waals surface area contributed by atoms with Crippen molar-refractivity contribution >= 4 is 22.2 Å². The third-order valence-electron chi connectivity index (χ3n) is 5.89. The van der Waals surface area contributed by atoms with E-state index >= 15 is 4.39 Å². The highest BCUT2D eigenvalue weighted by Gasteiger charge is 2.22. The lowest BCUT2D eigenvalue weighted by molar-refractivity contribution is -0.0935. The lowest BCUT2D eigenvalue weighted by atomic mass is 10.1. The molecule has 33 heavy (non-hydrogen) atoms. The van der Waals surface area contributed by atoms with E-state index < -0.39 is 0 Å². The minimum absolute atomic E-state index is 0.241. The van der Waals surface area contributed by atoms with Crippen LogP contribution in [0.1, 0.15) is 0 Å². The van der Waals surface area contributed by atoms with Crippen LogP contribution >= 0.6 is 0 Å². The maximum Gasteiger partial charge on any atom is 0.335 e. The standard InChI is InChI=1S/C24H20FN5O3/c25-21-18-6-7-26-22(18)27-12-19(21)15-10-20-23(28-11-15)30(16-4-2-1-3-5-16)24(31)29(20)13-17-14-32-8-9-33-17/h1-7,10-12,17H,8-9,13-14H2,(H,26,27)/t17-/m0/s1. The highest BCUT2D eigenvalue weighted by Crippen LogP contribution is 2.29. The Labute approximate surface area is 187 Å². The van der Waals surface area contributed by atoms with Crippen molar-refractivity contribution in [3.63, 3.8) is 0 Å². The van der Waals surface area contributed by atoms with E-state index in [1.165, 1.54) is 6.20 Å². The van der Waals surface area contributed by atoms with Crippen molar-refractivity contribution < 1.29 is 13.9 Å². The van der Waals surface area contributed by atoms with Gasteiger partial charge in [-0.25, -0.2) is 23.7 Å². The Kier molecular flexibility index (Phi) is 4.78. The zero-order valence-corrected chi connectivity index (χ0v) is 17.6. The summed E-state index contributed by atoms with van der Waals surface area (Å²) >= 11 is 0. The molecule has 1 N–H and O–H groups in total. The molecule has 0 bridgehead atoms. The van der Waals surface area contributed by atoms with E-state index in [0.29, 0.717) is 65.4 Å². The molecule has 1 saturated heterocycles. The summed E-state index contributed by atoms with van der Waals surface area (Å²) in [7, 11) is 0. The van der Waals surface area contributed by atoms with Crippen molar-refractivity contribution in [3.8, 4) is 16.8 Å². The summed E-state index contributed by atoms with van der Waals surface area (Å²) in [4.78, 5) is 25.3. The Morgan fingerprint density at radius 3 is 2.82 bits per heavy atom. The first-order chi connectivity index (χ1) is 16.2. The molecule has 1 fully saturated rings. The Balaban J connectivity index is 1.55. The number of para-hydroxylation sites is 1. The SMILES string of the molecule is O=c1n(C[C@H]2COCCO2)c2cc(-c3cnc4[nH]ccc4c3F)cnc2n1-c1ccccc1. The Hall–Kier alpha value is -3.82. The van der Waals surface area contributed by atoms with Gasteiger partial charge in [-0.15, -0.1) is 0 Å². The first kappa shape index (κ1) is 19.8. The van der Waals surface area contributed by atoms with E-state index in [-0.39, 0.29) is 17.6 Å². The van der Waals surface area contributed by atoms with E-state index in [0.717, 1.165) is 0 Å². The van der Waals surface area contributed by atoms with Gasteiger partial charge >= 0.3 is 5.69 Å². The third-order valence-corrected chi connectivity index (χ3v) is 5.89. The van der Waals surface area contributed by atoms with Crippen LogP contribution in [0.4, 0.5) is 4.39 Å². The Bertz CT molecular complexity index is 1520. The van der Waals surface area contributed by atoms with Crippen LogP contribution in [0.25, 0.3) is 39.0 Å². The van der Waals surface area contributed by atoms with Gasteiger partial charge in [0, 0.05) is 29.7 Å². The minimum atomic E-state index is -0.386. The van der Waals surface area contributed by atoms with Crippen LogP contribution in [0.5, 0.6) is 0 Å². The van der Waals surface area contributed by atoms with Crippen LogP contribution in [-0.4, -0.2) is 50.0 Å². The van der Waals surface area contributed by atoms with E-state index in [1.807, 2.05) is 30.3 Å². The average molecular weight is 445 g/mol. The van der Waals surface area contributed by atoms with Gasteiger partial charge in [-0.3, -0.25) is 4.57 Å². The maximum absolute atomic E-state index is 15.2. The van der Waals surface area contributed by atoms with Crippen molar-refractivity contribution in [2.45, 2.75) is 12.6 Å². The molecule has 1 aliphatic heterocycles.